The first-order valence-electron chi connectivity index (χ1n) is 6.90. The van der Waals surface area contributed by atoms with Gasteiger partial charge in [-0.1, -0.05) is 6.92 Å². The van der Waals surface area contributed by atoms with Crippen molar-refractivity contribution in [1.29, 1.82) is 0 Å². The van der Waals surface area contributed by atoms with Crippen molar-refractivity contribution in [2.24, 2.45) is 13.0 Å². The number of aromatic nitrogens is 3. The lowest BCUT2D eigenvalue weighted by molar-refractivity contribution is 0.204. The number of aliphatic hydroxyl groups excluding tert-OH is 1. The van der Waals surface area contributed by atoms with Gasteiger partial charge in [-0.15, -0.1) is 0 Å². The number of pyridine rings is 1. The lowest BCUT2D eigenvalue weighted by atomic mass is 10.1. The van der Waals surface area contributed by atoms with Crippen molar-refractivity contribution in [3.8, 4) is 0 Å². The smallest absolute Gasteiger partial charge is 0.319 e. The number of hydrogen-bond acceptors (Lipinski definition) is 4. The van der Waals surface area contributed by atoms with Crippen LogP contribution in [0.4, 0.5) is 10.5 Å². The standard InChI is InChI=1S/C14H21N5O2/c1-8(7-20)9(2)16-14(21)17-11-5-12-10(3)18-19(4)13(12)15-6-11/h5-6,8-9,20H,7H2,1-4H3,(H2,16,17,21). The molecule has 0 saturated heterocycles. The monoisotopic (exact) mass is 291 g/mol. The molecule has 0 radical (unpaired) electrons. The van der Waals surface area contributed by atoms with E-state index in [0.29, 0.717) is 5.69 Å². The van der Waals surface area contributed by atoms with Crippen LogP contribution in [0.5, 0.6) is 0 Å². The number of aryl methyl sites for hydroxylation is 2. The summed E-state index contributed by atoms with van der Waals surface area (Å²) < 4.78 is 1.71. The Balaban J connectivity index is 2.09. The third kappa shape index (κ3) is 3.30. The number of urea groups is 1. The number of carbonyl (C=O) groups is 1. The van der Waals surface area contributed by atoms with E-state index in [1.165, 1.54) is 0 Å². The largest absolute Gasteiger partial charge is 0.396 e. The highest BCUT2D eigenvalue weighted by Gasteiger charge is 2.14. The molecular weight excluding hydrogens is 270 g/mol. The predicted octanol–water partition coefficient (Wildman–Crippen LogP) is 1.42. The van der Waals surface area contributed by atoms with Gasteiger partial charge in [-0.2, -0.15) is 5.10 Å². The predicted molar refractivity (Wildman–Crippen MR) is 81.1 cm³/mol. The van der Waals surface area contributed by atoms with Gasteiger partial charge >= 0.3 is 6.03 Å². The molecular formula is C14H21N5O2. The molecule has 2 amide bonds. The van der Waals surface area contributed by atoms with E-state index in [0.717, 1.165) is 16.7 Å². The molecule has 0 aliphatic carbocycles. The van der Waals surface area contributed by atoms with Gasteiger partial charge in [-0.3, -0.25) is 4.68 Å². The van der Waals surface area contributed by atoms with E-state index >= 15 is 0 Å². The first kappa shape index (κ1) is 15.2. The van der Waals surface area contributed by atoms with Crippen LogP contribution in [0.2, 0.25) is 0 Å². The molecule has 2 aromatic heterocycles. The fraction of sp³-hybridized carbons (Fsp3) is 0.500. The minimum Gasteiger partial charge on any atom is -0.396 e. The molecule has 2 aromatic rings. The quantitative estimate of drug-likeness (QED) is 0.794. The fourth-order valence-corrected chi connectivity index (χ4v) is 2.05. The number of nitrogens with zero attached hydrogens (tertiary/aromatic N) is 3. The Hall–Kier alpha value is -2.15. The zero-order valence-corrected chi connectivity index (χ0v) is 12.7. The average Bonchev–Trinajstić information content (AvgIpc) is 2.72. The van der Waals surface area contributed by atoms with Crippen molar-refractivity contribution in [3.63, 3.8) is 0 Å². The summed E-state index contributed by atoms with van der Waals surface area (Å²) >= 11 is 0. The molecule has 2 rings (SSSR count). The van der Waals surface area contributed by atoms with E-state index in [9.17, 15) is 4.79 Å². The third-order valence-corrected chi connectivity index (χ3v) is 3.62. The number of carbonyl (C=O) groups excluding carboxylic acids is 1. The van der Waals surface area contributed by atoms with Gasteiger partial charge in [0.15, 0.2) is 5.65 Å². The van der Waals surface area contributed by atoms with Gasteiger partial charge in [0.25, 0.3) is 0 Å². The Morgan fingerprint density at radius 1 is 1.48 bits per heavy atom. The number of amides is 2. The molecule has 0 spiro atoms. The number of aliphatic hydroxyl groups is 1. The van der Waals surface area contributed by atoms with Crippen LogP contribution in [0.1, 0.15) is 19.5 Å². The minimum atomic E-state index is -0.314. The molecule has 2 atom stereocenters. The van der Waals surface area contributed by atoms with E-state index in [1.807, 2.05) is 33.9 Å². The second-order valence-corrected chi connectivity index (χ2v) is 5.35. The van der Waals surface area contributed by atoms with Gasteiger partial charge in [0, 0.05) is 25.1 Å². The molecule has 0 saturated carbocycles. The van der Waals surface area contributed by atoms with Crippen LogP contribution in [0.15, 0.2) is 12.3 Å². The molecule has 114 valence electrons. The molecule has 7 nitrogen and oxygen atoms in total. The van der Waals surface area contributed by atoms with Crippen LogP contribution in [-0.2, 0) is 7.05 Å². The molecule has 3 N–H and O–H groups in total. The molecule has 2 heterocycles. The number of hydrogen-bond donors (Lipinski definition) is 3. The molecule has 0 aromatic carbocycles. The molecule has 2 unspecified atom stereocenters. The van der Waals surface area contributed by atoms with Gasteiger partial charge < -0.3 is 15.7 Å². The maximum Gasteiger partial charge on any atom is 0.319 e. The van der Waals surface area contributed by atoms with Crippen LogP contribution >= 0.6 is 0 Å². The maximum absolute atomic E-state index is 11.9. The lowest BCUT2D eigenvalue weighted by Crippen LogP contribution is -2.40. The molecule has 0 fully saturated rings. The summed E-state index contributed by atoms with van der Waals surface area (Å²) in [6.07, 6.45) is 1.60. The Morgan fingerprint density at radius 2 is 2.19 bits per heavy atom. The Morgan fingerprint density at radius 3 is 2.86 bits per heavy atom. The summed E-state index contributed by atoms with van der Waals surface area (Å²) in [7, 11) is 1.83. The van der Waals surface area contributed by atoms with Crippen molar-refractivity contribution in [2.75, 3.05) is 11.9 Å². The van der Waals surface area contributed by atoms with Crippen LogP contribution in [-0.4, -0.2) is 38.6 Å². The maximum atomic E-state index is 11.9. The third-order valence-electron chi connectivity index (χ3n) is 3.62. The highest BCUT2D eigenvalue weighted by molar-refractivity contribution is 5.92. The normalized spacial score (nSPS) is 14.0. The second-order valence-electron chi connectivity index (χ2n) is 5.35. The molecule has 21 heavy (non-hydrogen) atoms. The summed E-state index contributed by atoms with van der Waals surface area (Å²) in [5.74, 6) is -0.00285. The average molecular weight is 291 g/mol. The summed E-state index contributed by atoms with van der Waals surface area (Å²) in [4.78, 5) is 16.2. The van der Waals surface area contributed by atoms with Gasteiger partial charge in [-0.25, -0.2) is 9.78 Å². The number of fused-ring (bicyclic) bond motifs is 1. The lowest BCUT2D eigenvalue weighted by Gasteiger charge is -2.19. The SMILES string of the molecule is Cc1nn(C)c2ncc(NC(=O)NC(C)C(C)CO)cc12. The van der Waals surface area contributed by atoms with Crippen LogP contribution < -0.4 is 10.6 Å². The first-order chi connectivity index (χ1) is 9.92. The summed E-state index contributed by atoms with van der Waals surface area (Å²) in [6, 6.07) is 1.42. The summed E-state index contributed by atoms with van der Waals surface area (Å²) in [5, 5.41) is 19.8. The van der Waals surface area contributed by atoms with Crippen molar-refractivity contribution < 1.29 is 9.90 Å². The second kappa shape index (κ2) is 6.09. The zero-order valence-electron chi connectivity index (χ0n) is 12.7. The highest BCUT2D eigenvalue weighted by atomic mass is 16.3. The van der Waals surface area contributed by atoms with Crippen molar-refractivity contribution in [2.45, 2.75) is 26.8 Å². The van der Waals surface area contributed by atoms with E-state index in [4.69, 9.17) is 5.11 Å². The topological polar surface area (TPSA) is 92.1 Å². The van der Waals surface area contributed by atoms with Crippen LogP contribution in [0.25, 0.3) is 11.0 Å². The fourth-order valence-electron chi connectivity index (χ4n) is 2.05. The molecule has 0 bridgehead atoms. The summed E-state index contributed by atoms with van der Waals surface area (Å²) in [5.41, 5.74) is 2.26. The number of anilines is 1. The number of nitrogens with one attached hydrogen (secondary N) is 2. The number of rotatable bonds is 4. The molecule has 0 aliphatic rings. The Labute approximate surface area is 123 Å². The highest BCUT2D eigenvalue weighted by Crippen LogP contribution is 2.19. The zero-order chi connectivity index (χ0) is 15.6. The van der Waals surface area contributed by atoms with E-state index in [2.05, 4.69) is 20.7 Å². The first-order valence-corrected chi connectivity index (χ1v) is 6.90. The molecule has 0 aliphatic heterocycles. The molecule has 7 heteroatoms. The van der Waals surface area contributed by atoms with Gasteiger partial charge in [0.1, 0.15) is 0 Å². The summed E-state index contributed by atoms with van der Waals surface area (Å²) in [6.45, 7) is 5.66. The van der Waals surface area contributed by atoms with E-state index < -0.39 is 0 Å². The van der Waals surface area contributed by atoms with Crippen LogP contribution in [0.3, 0.4) is 0 Å². The van der Waals surface area contributed by atoms with E-state index in [-0.39, 0.29) is 24.6 Å². The Kier molecular flexibility index (Phi) is 4.42. The van der Waals surface area contributed by atoms with Crippen molar-refractivity contribution in [3.05, 3.63) is 18.0 Å². The van der Waals surface area contributed by atoms with Gasteiger partial charge in [-0.05, 0) is 25.8 Å². The van der Waals surface area contributed by atoms with Crippen molar-refractivity contribution in [1.82, 2.24) is 20.1 Å². The minimum absolute atomic E-state index is 0.00285. The van der Waals surface area contributed by atoms with Crippen molar-refractivity contribution >= 4 is 22.8 Å². The van der Waals surface area contributed by atoms with Gasteiger partial charge in [0.05, 0.1) is 17.6 Å². The van der Waals surface area contributed by atoms with E-state index in [1.54, 1.807) is 10.9 Å². The van der Waals surface area contributed by atoms with Crippen LogP contribution in [0, 0.1) is 12.8 Å². The Bertz CT molecular complexity index is 652. The van der Waals surface area contributed by atoms with Gasteiger partial charge in [0.2, 0.25) is 0 Å².